The highest BCUT2D eigenvalue weighted by Crippen LogP contribution is 2.49. The van der Waals surface area contributed by atoms with Crippen molar-refractivity contribution in [3.63, 3.8) is 0 Å². The number of benzene rings is 1. The second-order valence-electron chi connectivity index (χ2n) is 6.10. The quantitative estimate of drug-likeness (QED) is 0.898. The summed E-state index contributed by atoms with van der Waals surface area (Å²) in [4.78, 5) is 0. The lowest BCUT2D eigenvalue weighted by Gasteiger charge is -2.17. The van der Waals surface area contributed by atoms with Crippen molar-refractivity contribution >= 4 is 28.2 Å². The van der Waals surface area contributed by atoms with Crippen molar-refractivity contribution in [2.24, 2.45) is 17.8 Å². The summed E-state index contributed by atoms with van der Waals surface area (Å²) in [5.41, 5.74) is 0. The van der Waals surface area contributed by atoms with Crippen molar-refractivity contribution < 1.29 is 0 Å². The smallest absolute Gasteiger partial charge is 0.159 e. The van der Waals surface area contributed by atoms with Crippen LogP contribution in [0.4, 0.5) is 5.82 Å². The van der Waals surface area contributed by atoms with Crippen LogP contribution in [0.25, 0.3) is 10.8 Å². The molecular weight excluding hydrogens is 270 g/mol. The predicted molar refractivity (Wildman–Crippen MR) is 82.0 cm³/mol. The summed E-state index contributed by atoms with van der Waals surface area (Å²) in [6, 6.07) is 8.06. The van der Waals surface area contributed by atoms with Crippen molar-refractivity contribution in [3.8, 4) is 0 Å². The Morgan fingerprint density at radius 1 is 1.05 bits per heavy atom. The van der Waals surface area contributed by atoms with Crippen LogP contribution in [-0.4, -0.2) is 16.7 Å². The lowest BCUT2D eigenvalue weighted by atomic mass is 9.98. The molecule has 0 aliphatic heterocycles. The topological polar surface area (TPSA) is 37.8 Å². The van der Waals surface area contributed by atoms with Crippen molar-refractivity contribution in [2.75, 3.05) is 11.9 Å². The fourth-order valence-electron chi connectivity index (χ4n) is 3.18. The second kappa shape index (κ2) is 4.88. The van der Waals surface area contributed by atoms with Crippen LogP contribution in [0.1, 0.15) is 25.7 Å². The molecular formula is C16H18ClN3. The fraction of sp³-hybridized carbons (Fsp3) is 0.500. The van der Waals surface area contributed by atoms with Crippen molar-refractivity contribution in [2.45, 2.75) is 25.7 Å². The van der Waals surface area contributed by atoms with E-state index in [1.165, 1.54) is 25.7 Å². The lowest BCUT2D eigenvalue weighted by Crippen LogP contribution is -2.19. The minimum atomic E-state index is 0.479. The summed E-state index contributed by atoms with van der Waals surface area (Å²) in [6.07, 6.45) is 5.65. The van der Waals surface area contributed by atoms with E-state index in [2.05, 4.69) is 21.6 Å². The van der Waals surface area contributed by atoms with Crippen LogP contribution < -0.4 is 5.32 Å². The molecule has 2 aliphatic carbocycles. The summed E-state index contributed by atoms with van der Waals surface area (Å²) < 4.78 is 0. The first-order chi connectivity index (χ1) is 9.83. The van der Waals surface area contributed by atoms with E-state index in [-0.39, 0.29) is 0 Å². The third-order valence-electron chi connectivity index (χ3n) is 4.60. The Bertz CT molecular complexity index is 623. The first-order valence-electron chi connectivity index (χ1n) is 7.48. The van der Waals surface area contributed by atoms with Gasteiger partial charge in [0.2, 0.25) is 0 Å². The van der Waals surface area contributed by atoms with Crippen molar-refractivity contribution in [3.05, 3.63) is 29.4 Å². The molecule has 0 spiro atoms. The second-order valence-corrected chi connectivity index (χ2v) is 6.46. The van der Waals surface area contributed by atoms with Gasteiger partial charge in [0.05, 0.1) is 0 Å². The van der Waals surface area contributed by atoms with Gasteiger partial charge in [-0.15, -0.1) is 10.2 Å². The summed E-state index contributed by atoms with van der Waals surface area (Å²) in [7, 11) is 0. The van der Waals surface area contributed by atoms with Gasteiger partial charge in [-0.1, -0.05) is 35.9 Å². The van der Waals surface area contributed by atoms with E-state index in [9.17, 15) is 0 Å². The average Bonchev–Trinajstić information content (AvgIpc) is 3.36. The van der Waals surface area contributed by atoms with Gasteiger partial charge in [-0.3, -0.25) is 0 Å². The molecule has 20 heavy (non-hydrogen) atoms. The Balaban J connectivity index is 1.57. The van der Waals surface area contributed by atoms with Crippen LogP contribution in [0.2, 0.25) is 5.15 Å². The number of halogens is 1. The van der Waals surface area contributed by atoms with Crippen LogP contribution in [0.5, 0.6) is 0 Å². The molecule has 0 unspecified atom stereocenters. The normalized spacial score (nSPS) is 18.7. The molecule has 0 atom stereocenters. The van der Waals surface area contributed by atoms with E-state index >= 15 is 0 Å². The fourth-order valence-corrected chi connectivity index (χ4v) is 3.39. The third kappa shape index (κ3) is 2.35. The zero-order valence-corrected chi connectivity index (χ0v) is 12.1. The molecule has 0 bridgehead atoms. The van der Waals surface area contributed by atoms with Gasteiger partial charge in [0.25, 0.3) is 0 Å². The Labute approximate surface area is 123 Å². The first kappa shape index (κ1) is 12.4. The van der Waals surface area contributed by atoms with Gasteiger partial charge in [0, 0.05) is 17.3 Å². The number of nitrogens with zero attached hydrogens (tertiary/aromatic N) is 2. The van der Waals surface area contributed by atoms with Gasteiger partial charge in [0.15, 0.2) is 11.0 Å². The van der Waals surface area contributed by atoms with Crippen LogP contribution in [0, 0.1) is 17.8 Å². The molecule has 4 heteroatoms. The van der Waals surface area contributed by atoms with E-state index in [0.717, 1.165) is 40.9 Å². The molecule has 104 valence electrons. The van der Waals surface area contributed by atoms with Gasteiger partial charge < -0.3 is 5.32 Å². The lowest BCUT2D eigenvalue weighted by molar-refractivity contribution is 0.427. The highest BCUT2D eigenvalue weighted by molar-refractivity contribution is 6.34. The van der Waals surface area contributed by atoms with Gasteiger partial charge in [-0.05, 0) is 43.4 Å². The maximum Gasteiger partial charge on any atom is 0.159 e. The molecule has 1 N–H and O–H groups in total. The van der Waals surface area contributed by atoms with Crippen LogP contribution in [-0.2, 0) is 0 Å². The van der Waals surface area contributed by atoms with Gasteiger partial charge in [-0.2, -0.15) is 0 Å². The Kier molecular flexibility index (Phi) is 3.03. The van der Waals surface area contributed by atoms with Crippen LogP contribution >= 0.6 is 11.6 Å². The van der Waals surface area contributed by atoms with E-state index in [4.69, 9.17) is 11.6 Å². The van der Waals surface area contributed by atoms with E-state index in [0.29, 0.717) is 5.15 Å². The standard InChI is InChI=1S/C16H18ClN3/c17-15-12-3-1-2-4-13(12)16(20-19-15)18-9-14(10-5-6-10)11-7-8-11/h1-4,10-11,14H,5-9H2,(H,18,20). The number of hydrogen-bond donors (Lipinski definition) is 1. The molecule has 2 aliphatic rings. The van der Waals surface area contributed by atoms with Crippen LogP contribution in [0.3, 0.4) is 0 Å². The maximum atomic E-state index is 6.11. The van der Waals surface area contributed by atoms with Crippen molar-refractivity contribution in [1.29, 1.82) is 0 Å². The molecule has 0 radical (unpaired) electrons. The van der Waals surface area contributed by atoms with Crippen molar-refractivity contribution in [1.82, 2.24) is 10.2 Å². The highest BCUT2D eigenvalue weighted by Gasteiger charge is 2.41. The summed E-state index contributed by atoms with van der Waals surface area (Å²) >= 11 is 6.11. The highest BCUT2D eigenvalue weighted by atomic mass is 35.5. The number of rotatable bonds is 5. The summed E-state index contributed by atoms with van der Waals surface area (Å²) in [6.45, 7) is 1.02. The SMILES string of the molecule is Clc1nnc(NCC(C2CC2)C2CC2)c2ccccc12. The molecule has 1 aromatic heterocycles. The Morgan fingerprint density at radius 3 is 2.35 bits per heavy atom. The first-order valence-corrected chi connectivity index (χ1v) is 7.85. The van der Waals surface area contributed by atoms with E-state index in [1.807, 2.05) is 18.2 Å². The van der Waals surface area contributed by atoms with Gasteiger partial charge in [-0.25, -0.2) is 0 Å². The minimum absolute atomic E-state index is 0.479. The zero-order chi connectivity index (χ0) is 13.5. The van der Waals surface area contributed by atoms with E-state index in [1.54, 1.807) is 0 Å². The summed E-state index contributed by atoms with van der Waals surface area (Å²) in [5, 5.41) is 14.3. The molecule has 1 aromatic carbocycles. The molecule has 2 aromatic rings. The molecule has 1 heterocycles. The third-order valence-corrected chi connectivity index (χ3v) is 4.88. The van der Waals surface area contributed by atoms with Gasteiger partial charge >= 0.3 is 0 Å². The minimum Gasteiger partial charge on any atom is -0.368 e. The van der Waals surface area contributed by atoms with Crippen LogP contribution in [0.15, 0.2) is 24.3 Å². The molecule has 3 nitrogen and oxygen atoms in total. The molecule has 2 fully saturated rings. The molecule has 0 amide bonds. The Hall–Kier alpha value is -1.35. The number of aromatic nitrogens is 2. The van der Waals surface area contributed by atoms with E-state index < -0.39 is 0 Å². The number of hydrogen-bond acceptors (Lipinski definition) is 3. The average molecular weight is 288 g/mol. The number of anilines is 1. The maximum absolute atomic E-state index is 6.11. The zero-order valence-electron chi connectivity index (χ0n) is 11.3. The molecule has 0 saturated heterocycles. The molecule has 2 saturated carbocycles. The monoisotopic (exact) mass is 287 g/mol. The summed E-state index contributed by atoms with van der Waals surface area (Å²) in [5.74, 6) is 3.59. The predicted octanol–water partition coefficient (Wildman–Crippen LogP) is 4.13. The molecule has 4 rings (SSSR count). The van der Waals surface area contributed by atoms with Gasteiger partial charge in [0.1, 0.15) is 0 Å². The Morgan fingerprint density at radius 2 is 1.70 bits per heavy atom. The number of fused-ring (bicyclic) bond motifs is 1. The largest absolute Gasteiger partial charge is 0.368 e. The number of nitrogens with one attached hydrogen (secondary N) is 1.